The van der Waals surface area contributed by atoms with Gasteiger partial charge in [0, 0.05) is 23.4 Å². The van der Waals surface area contributed by atoms with Gasteiger partial charge in [-0.25, -0.2) is 4.39 Å². The second kappa shape index (κ2) is 6.26. The first-order valence-corrected chi connectivity index (χ1v) is 7.45. The number of ether oxygens (including phenoxy) is 1. The number of anilines is 1. The molecule has 112 valence electrons. The fraction of sp³-hybridized carbons (Fsp3) is 0.438. The number of benzene rings is 1. The Balaban J connectivity index is 1.79. The molecule has 1 aliphatic rings. The van der Waals surface area contributed by atoms with Gasteiger partial charge in [0.25, 0.3) is 0 Å². The Morgan fingerprint density at radius 1 is 1.33 bits per heavy atom. The maximum atomic E-state index is 14.0. The van der Waals surface area contributed by atoms with E-state index in [2.05, 4.69) is 10.2 Å². The zero-order valence-electron chi connectivity index (χ0n) is 11.9. The van der Waals surface area contributed by atoms with E-state index in [1.165, 1.54) is 12.5 Å². The number of hydrogen-bond donors (Lipinski definition) is 2. The van der Waals surface area contributed by atoms with E-state index in [1.807, 2.05) is 0 Å². The molecule has 1 aromatic heterocycles. The number of aromatic amines is 1. The highest BCUT2D eigenvalue weighted by molar-refractivity contribution is 5.76. The number of H-pyrrole nitrogens is 1. The highest BCUT2D eigenvalue weighted by Crippen LogP contribution is 2.31. The Bertz CT molecular complexity index is 605. The van der Waals surface area contributed by atoms with Gasteiger partial charge in [0.2, 0.25) is 0 Å². The van der Waals surface area contributed by atoms with Crippen molar-refractivity contribution in [2.45, 2.75) is 38.2 Å². The zero-order valence-corrected chi connectivity index (χ0v) is 11.9. The van der Waals surface area contributed by atoms with Crippen molar-refractivity contribution < 1.29 is 9.13 Å². The van der Waals surface area contributed by atoms with E-state index >= 15 is 0 Å². The van der Waals surface area contributed by atoms with Crippen molar-refractivity contribution in [3.63, 3.8) is 0 Å². The van der Waals surface area contributed by atoms with Crippen molar-refractivity contribution in [1.29, 1.82) is 0 Å². The number of nitrogens with one attached hydrogen (secondary N) is 1. The molecular formula is C16H20FN3O. The quantitative estimate of drug-likeness (QED) is 0.907. The van der Waals surface area contributed by atoms with E-state index in [0.717, 1.165) is 38.0 Å². The van der Waals surface area contributed by atoms with Crippen LogP contribution in [0.25, 0.3) is 11.1 Å². The van der Waals surface area contributed by atoms with Crippen LogP contribution in [-0.2, 0) is 11.2 Å². The molecule has 0 amide bonds. The van der Waals surface area contributed by atoms with Crippen molar-refractivity contribution in [3.05, 3.63) is 35.8 Å². The Morgan fingerprint density at radius 3 is 2.95 bits per heavy atom. The normalized spacial score (nSPS) is 18.8. The van der Waals surface area contributed by atoms with E-state index in [1.54, 1.807) is 18.2 Å². The molecule has 1 fully saturated rings. The Labute approximate surface area is 123 Å². The second-order valence-corrected chi connectivity index (χ2v) is 5.47. The van der Waals surface area contributed by atoms with Gasteiger partial charge in [-0.3, -0.25) is 5.10 Å². The molecule has 0 aliphatic carbocycles. The van der Waals surface area contributed by atoms with Crippen molar-refractivity contribution in [1.82, 2.24) is 10.2 Å². The lowest BCUT2D eigenvalue weighted by Gasteiger charge is -2.22. The van der Waals surface area contributed by atoms with E-state index in [-0.39, 0.29) is 11.9 Å². The molecule has 1 aromatic carbocycles. The molecule has 3 rings (SSSR count). The highest BCUT2D eigenvalue weighted by Gasteiger charge is 2.19. The van der Waals surface area contributed by atoms with Crippen LogP contribution in [0.2, 0.25) is 0 Å². The summed E-state index contributed by atoms with van der Waals surface area (Å²) in [5, 5.41) is 6.99. The number of nitrogens with two attached hydrogens (primary N) is 1. The van der Waals surface area contributed by atoms with Gasteiger partial charge in [-0.05, 0) is 38.2 Å². The van der Waals surface area contributed by atoms with Gasteiger partial charge in [0.1, 0.15) is 5.82 Å². The average Bonchev–Trinajstić information content (AvgIpc) is 2.88. The van der Waals surface area contributed by atoms with Crippen LogP contribution in [0.4, 0.5) is 10.2 Å². The molecule has 0 radical (unpaired) electrons. The molecule has 2 aromatic rings. The Hall–Kier alpha value is -1.88. The number of hydrogen-bond acceptors (Lipinski definition) is 3. The number of aromatic nitrogens is 2. The Morgan fingerprint density at radius 2 is 2.19 bits per heavy atom. The van der Waals surface area contributed by atoms with Crippen LogP contribution in [0.1, 0.15) is 31.4 Å². The predicted molar refractivity (Wildman–Crippen MR) is 80.3 cm³/mol. The lowest BCUT2D eigenvalue weighted by atomic mass is 9.99. The number of rotatable bonds is 4. The summed E-state index contributed by atoms with van der Waals surface area (Å²) in [4.78, 5) is 0. The van der Waals surface area contributed by atoms with Gasteiger partial charge >= 0.3 is 0 Å². The molecule has 4 nitrogen and oxygen atoms in total. The number of aryl methyl sites for hydroxylation is 1. The molecule has 21 heavy (non-hydrogen) atoms. The summed E-state index contributed by atoms with van der Waals surface area (Å²) in [6, 6.07) is 6.65. The van der Waals surface area contributed by atoms with Crippen LogP contribution >= 0.6 is 0 Å². The minimum atomic E-state index is -0.277. The van der Waals surface area contributed by atoms with E-state index in [4.69, 9.17) is 10.5 Å². The summed E-state index contributed by atoms with van der Waals surface area (Å²) in [7, 11) is 0. The lowest BCUT2D eigenvalue weighted by molar-refractivity contribution is 0.0114. The lowest BCUT2D eigenvalue weighted by Crippen LogP contribution is -2.19. The van der Waals surface area contributed by atoms with Crippen LogP contribution in [0.3, 0.4) is 0 Å². The number of nitrogens with zero attached hydrogens (tertiary/aromatic N) is 1. The molecule has 1 saturated heterocycles. The van der Waals surface area contributed by atoms with Gasteiger partial charge < -0.3 is 10.5 Å². The Kier molecular flexibility index (Phi) is 4.20. The molecule has 0 bridgehead atoms. The predicted octanol–water partition coefficient (Wildman–Crippen LogP) is 3.30. The molecule has 0 spiro atoms. The molecule has 5 heteroatoms. The summed E-state index contributed by atoms with van der Waals surface area (Å²) in [6.07, 6.45) is 5.42. The number of nitrogen functional groups attached to an aromatic ring is 1. The molecule has 1 aliphatic heterocycles. The van der Waals surface area contributed by atoms with Crippen molar-refractivity contribution in [3.8, 4) is 11.1 Å². The molecule has 1 unspecified atom stereocenters. The maximum absolute atomic E-state index is 14.0. The standard InChI is InChI=1S/C16H20FN3O/c17-13-7-2-1-6-12(13)15-14(19-20-16(15)18)9-8-11-5-3-4-10-21-11/h1-2,6-7,11H,3-5,8-10H2,(H3,18,19,20). The first kappa shape index (κ1) is 14.1. The summed E-state index contributed by atoms with van der Waals surface area (Å²) in [6.45, 7) is 0.843. The average molecular weight is 289 g/mol. The monoisotopic (exact) mass is 289 g/mol. The highest BCUT2D eigenvalue weighted by atomic mass is 19.1. The van der Waals surface area contributed by atoms with Crippen molar-refractivity contribution in [2.75, 3.05) is 12.3 Å². The third-order valence-electron chi connectivity index (χ3n) is 4.00. The third-order valence-corrected chi connectivity index (χ3v) is 4.00. The van der Waals surface area contributed by atoms with Crippen LogP contribution in [0.5, 0.6) is 0 Å². The van der Waals surface area contributed by atoms with Crippen molar-refractivity contribution >= 4 is 5.82 Å². The third kappa shape index (κ3) is 3.08. The smallest absolute Gasteiger partial charge is 0.153 e. The molecule has 0 saturated carbocycles. The van der Waals surface area contributed by atoms with E-state index < -0.39 is 0 Å². The van der Waals surface area contributed by atoms with Gasteiger partial charge in [-0.15, -0.1) is 0 Å². The fourth-order valence-electron chi connectivity index (χ4n) is 2.88. The topological polar surface area (TPSA) is 63.9 Å². The van der Waals surface area contributed by atoms with Gasteiger partial charge in [0.05, 0.1) is 6.10 Å². The molecule has 1 atom stereocenters. The summed E-state index contributed by atoms with van der Waals surface area (Å²) in [5.41, 5.74) is 7.98. The van der Waals surface area contributed by atoms with Crippen LogP contribution in [-0.4, -0.2) is 22.9 Å². The van der Waals surface area contributed by atoms with Crippen LogP contribution in [0.15, 0.2) is 24.3 Å². The largest absolute Gasteiger partial charge is 0.382 e. The van der Waals surface area contributed by atoms with Crippen LogP contribution in [0, 0.1) is 5.82 Å². The number of halogens is 1. The summed E-state index contributed by atoms with van der Waals surface area (Å²) < 4.78 is 19.7. The first-order chi connectivity index (χ1) is 10.3. The van der Waals surface area contributed by atoms with Gasteiger partial charge in [-0.1, -0.05) is 18.2 Å². The first-order valence-electron chi connectivity index (χ1n) is 7.45. The fourth-order valence-corrected chi connectivity index (χ4v) is 2.88. The van der Waals surface area contributed by atoms with Gasteiger partial charge in [0.15, 0.2) is 5.82 Å². The minimum Gasteiger partial charge on any atom is -0.382 e. The maximum Gasteiger partial charge on any atom is 0.153 e. The van der Waals surface area contributed by atoms with Crippen molar-refractivity contribution in [2.24, 2.45) is 0 Å². The van der Waals surface area contributed by atoms with Gasteiger partial charge in [-0.2, -0.15) is 5.10 Å². The SMILES string of the molecule is Nc1n[nH]c(CCC2CCCCO2)c1-c1ccccc1F. The second-order valence-electron chi connectivity index (χ2n) is 5.47. The minimum absolute atomic E-state index is 0.277. The molecule has 2 heterocycles. The molecular weight excluding hydrogens is 269 g/mol. The molecule has 3 N–H and O–H groups in total. The summed E-state index contributed by atoms with van der Waals surface area (Å²) in [5.74, 6) is 0.0698. The van der Waals surface area contributed by atoms with E-state index in [0.29, 0.717) is 16.9 Å². The van der Waals surface area contributed by atoms with E-state index in [9.17, 15) is 4.39 Å². The summed E-state index contributed by atoms with van der Waals surface area (Å²) >= 11 is 0. The zero-order chi connectivity index (χ0) is 14.7. The van der Waals surface area contributed by atoms with Crippen LogP contribution < -0.4 is 5.73 Å².